The summed E-state index contributed by atoms with van der Waals surface area (Å²) in [6, 6.07) is 8.37. The lowest BCUT2D eigenvalue weighted by atomic mass is 9.84. The molecule has 2 aliphatic heterocycles. The average Bonchev–Trinajstić information content (AvgIpc) is 2.79. The first-order valence-corrected chi connectivity index (χ1v) is 11.9. The van der Waals surface area contributed by atoms with Gasteiger partial charge in [0.15, 0.2) is 0 Å². The highest BCUT2D eigenvalue weighted by Gasteiger charge is 2.28. The molecule has 3 N–H and O–H groups in total. The van der Waals surface area contributed by atoms with Crippen LogP contribution in [0.1, 0.15) is 56.4 Å². The molecule has 0 aromatic heterocycles. The Morgan fingerprint density at radius 3 is 2.31 bits per heavy atom. The Bertz CT molecular complexity index is 812. The maximum atomic E-state index is 12.1. The number of hydrogen-bond acceptors (Lipinski definition) is 5. The van der Waals surface area contributed by atoms with Crippen molar-refractivity contribution in [3.8, 4) is 0 Å². The van der Waals surface area contributed by atoms with Crippen LogP contribution in [0.2, 0.25) is 0 Å². The van der Waals surface area contributed by atoms with Crippen LogP contribution in [-0.4, -0.2) is 66.7 Å². The summed E-state index contributed by atoms with van der Waals surface area (Å²) in [6.45, 7) is 5.19. The van der Waals surface area contributed by atoms with Crippen LogP contribution in [0.5, 0.6) is 0 Å². The van der Waals surface area contributed by atoms with Crippen molar-refractivity contribution in [1.29, 1.82) is 0 Å². The molecule has 3 fully saturated rings. The molecule has 0 spiro atoms. The zero-order valence-corrected chi connectivity index (χ0v) is 18.6. The van der Waals surface area contributed by atoms with E-state index in [4.69, 9.17) is 5.11 Å². The lowest BCUT2D eigenvalue weighted by Gasteiger charge is -2.37. The first-order valence-electron chi connectivity index (χ1n) is 11.9. The molecule has 0 radical (unpaired) electrons. The summed E-state index contributed by atoms with van der Waals surface area (Å²) in [7, 11) is 0. The van der Waals surface area contributed by atoms with Gasteiger partial charge in [0.1, 0.15) is 0 Å². The zero-order chi connectivity index (χ0) is 22.5. The molecule has 8 nitrogen and oxygen atoms in total. The normalized spacial score (nSPS) is 27.1. The van der Waals surface area contributed by atoms with Gasteiger partial charge in [0.05, 0.1) is 5.92 Å². The Labute approximate surface area is 189 Å². The number of piperazine rings is 1. The van der Waals surface area contributed by atoms with Gasteiger partial charge in [-0.2, -0.15) is 0 Å². The standard InChI is InChI=1S/C24H34N4O4/c29-22-10-9-21(23(30)26-22)18-3-7-20(8-4-18)28-15-13-27(14-16-28)12-11-17-1-5-19(6-2-17)25-24(31)32/h3-4,7-8,17,19,21,25H,1-2,5-6,9-16H2,(H,31,32)(H,26,29,30). The van der Waals surface area contributed by atoms with Gasteiger partial charge in [0, 0.05) is 44.3 Å². The average molecular weight is 443 g/mol. The van der Waals surface area contributed by atoms with E-state index in [9.17, 15) is 14.4 Å². The van der Waals surface area contributed by atoms with Crippen molar-refractivity contribution in [1.82, 2.24) is 15.5 Å². The van der Waals surface area contributed by atoms with Crippen molar-refractivity contribution in [3.63, 3.8) is 0 Å². The van der Waals surface area contributed by atoms with Crippen molar-refractivity contribution in [2.75, 3.05) is 37.6 Å². The molecule has 32 heavy (non-hydrogen) atoms. The van der Waals surface area contributed by atoms with Gasteiger partial charge in [0.2, 0.25) is 11.8 Å². The van der Waals surface area contributed by atoms with Crippen molar-refractivity contribution in [3.05, 3.63) is 29.8 Å². The molecular formula is C24H34N4O4. The highest BCUT2D eigenvalue weighted by molar-refractivity contribution is 6.00. The molecule has 1 aromatic carbocycles. The summed E-state index contributed by atoms with van der Waals surface area (Å²) in [5, 5.41) is 13.9. The molecule has 3 aliphatic rings. The van der Waals surface area contributed by atoms with E-state index in [2.05, 4.69) is 32.6 Å². The number of piperidine rings is 1. The van der Waals surface area contributed by atoms with Gasteiger partial charge < -0.3 is 15.3 Å². The number of hydrogen-bond donors (Lipinski definition) is 3. The van der Waals surface area contributed by atoms with E-state index in [1.165, 1.54) is 12.1 Å². The van der Waals surface area contributed by atoms with Gasteiger partial charge in [-0.25, -0.2) is 4.79 Å². The number of carbonyl (C=O) groups excluding carboxylic acids is 2. The Balaban J connectivity index is 1.18. The van der Waals surface area contributed by atoms with Gasteiger partial charge in [-0.05, 0) is 68.7 Å². The van der Waals surface area contributed by atoms with Crippen LogP contribution < -0.4 is 15.5 Å². The van der Waals surface area contributed by atoms with E-state index in [1.807, 2.05) is 12.1 Å². The Morgan fingerprint density at radius 1 is 1.00 bits per heavy atom. The second kappa shape index (κ2) is 10.3. The first kappa shape index (κ1) is 22.6. The van der Waals surface area contributed by atoms with E-state index in [0.29, 0.717) is 18.8 Å². The number of benzene rings is 1. The summed E-state index contributed by atoms with van der Waals surface area (Å²) in [4.78, 5) is 39.2. The lowest BCUT2D eigenvalue weighted by molar-refractivity contribution is -0.134. The summed E-state index contributed by atoms with van der Waals surface area (Å²) in [6.07, 6.45) is 5.42. The molecule has 1 atom stereocenters. The molecule has 2 saturated heterocycles. The molecule has 3 amide bonds. The largest absolute Gasteiger partial charge is 0.465 e. The fourth-order valence-electron chi connectivity index (χ4n) is 5.29. The third-order valence-corrected chi connectivity index (χ3v) is 7.30. The predicted octanol–water partition coefficient (Wildman–Crippen LogP) is 2.55. The first-order chi connectivity index (χ1) is 15.5. The summed E-state index contributed by atoms with van der Waals surface area (Å²) < 4.78 is 0. The number of rotatable bonds is 6. The fraction of sp³-hybridized carbons (Fsp3) is 0.625. The SMILES string of the molecule is O=C(O)NC1CCC(CCN2CCN(c3ccc(C4CCC(=O)NC4=O)cc3)CC2)CC1. The predicted molar refractivity (Wildman–Crippen MR) is 122 cm³/mol. The third kappa shape index (κ3) is 5.79. The second-order valence-electron chi connectivity index (χ2n) is 9.38. The van der Waals surface area contributed by atoms with Crippen LogP contribution in [0.15, 0.2) is 24.3 Å². The maximum absolute atomic E-state index is 12.1. The number of carbonyl (C=O) groups is 3. The Kier molecular flexibility index (Phi) is 7.29. The van der Waals surface area contributed by atoms with Gasteiger partial charge in [0.25, 0.3) is 0 Å². The van der Waals surface area contributed by atoms with Gasteiger partial charge in [-0.15, -0.1) is 0 Å². The van der Waals surface area contributed by atoms with Crippen molar-refractivity contribution < 1.29 is 19.5 Å². The minimum absolute atomic E-state index is 0.133. The van der Waals surface area contributed by atoms with E-state index in [-0.39, 0.29) is 23.8 Å². The maximum Gasteiger partial charge on any atom is 0.404 e. The fourth-order valence-corrected chi connectivity index (χ4v) is 5.29. The molecular weight excluding hydrogens is 408 g/mol. The molecule has 174 valence electrons. The molecule has 2 heterocycles. The van der Waals surface area contributed by atoms with Crippen LogP contribution in [0.4, 0.5) is 10.5 Å². The van der Waals surface area contributed by atoms with Crippen LogP contribution in [0, 0.1) is 5.92 Å². The second-order valence-corrected chi connectivity index (χ2v) is 9.38. The molecule has 8 heteroatoms. The summed E-state index contributed by atoms with van der Waals surface area (Å²) in [5.41, 5.74) is 2.16. The van der Waals surface area contributed by atoms with Crippen molar-refractivity contribution in [2.24, 2.45) is 5.92 Å². The van der Waals surface area contributed by atoms with Gasteiger partial charge in [-0.1, -0.05) is 12.1 Å². The summed E-state index contributed by atoms with van der Waals surface area (Å²) >= 11 is 0. The topological polar surface area (TPSA) is 102 Å². The van der Waals surface area contributed by atoms with Crippen molar-refractivity contribution >= 4 is 23.6 Å². The van der Waals surface area contributed by atoms with E-state index < -0.39 is 6.09 Å². The molecule has 0 bridgehead atoms. The van der Waals surface area contributed by atoms with Crippen LogP contribution in [0.3, 0.4) is 0 Å². The molecule has 4 rings (SSSR count). The molecule has 1 aliphatic carbocycles. The number of carboxylic acid groups (broad SMARTS) is 1. The smallest absolute Gasteiger partial charge is 0.404 e. The Morgan fingerprint density at radius 2 is 1.69 bits per heavy atom. The van der Waals surface area contributed by atoms with E-state index >= 15 is 0 Å². The minimum Gasteiger partial charge on any atom is -0.465 e. The van der Waals surface area contributed by atoms with Crippen LogP contribution >= 0.6 is 0 Å². The lowest BCUT2D eigenvalue weighted by Crippen LogP contribution is -2.47. The number of nitrogens with one attached hydrogen (secondary N) is 2. The minimum atomic E-state index is -0.906. The van der Waals surface area contributed by atoms with Gasteiger partial charge in [-0.3, -0.25) is 19.8 Å². The number of anilines is 1. The van der Waals surface area contributed by atoms with E-state index in [1.54, 1.807) is 0 Å². The monoisotopic (exact) mass is 442 g/mol. The Hall–Kier alpha value is -2.61. The third-order valence-electron chi connectivity index (χ3n) is 7.30. The summed E-state index contributed by atoms with van der Waals surface area (Å²) in [5.74, 6) is 0.117. The highest BCUT2D eigenvalue weighted by atomic mass is 16.4. The number of nitrogens with zero attached hydrogens (tertiary/aromatic N) is 2. The van der Waals surface area contributed by atoms with Crippen molar-refractivity contribution in [2.45, 2.75) is 56.9 Å². The van der Waals surface area contributed by atoms with Crippen LogP contribution in [0.25, 0.3) is 0 Å². The zero-order valence-electron chi connectivity index (χ0n) is 18.6. The van der Waals surface area contributed by atoms with E-state index in [0.717, 1.165) is 64.0 Å². The van der Waals surface area contributed by atoms with Crippen LogP contribution in [-0.2, 0) is 9.59 Å². The number of amides is 3. The molecule has 1 aromatic rings. The van der Waals surface area contributed by atoms with Gasteiger partial charge >= 0.3 is 6.09 Å². The highest BCUT2D eigenvalue weighted by Crippen LogP contribution is 2.29. The molecule has 1 saturated carbocycles. The number of imide groups is 1. The quantitative estimate of drug-likeness (QED) is 0.585. The molecule has 1 unspecified atom stereocenters.